The minimum atomic E-state index is -1.18. The van der Waals surface area contributed by atoms with Crippen molar-refractivity contribution in [2.24, 2.45) is 0 Å². The number of carbonyl (C=O) groups is 3. The van der Waals surface area contributed by atoms with E-state index in [1.165, 1.54) is 19.4 Å². The standard InChI is InChI=1S/C28H35F2N2O4.2H2S.Y/c1-5-9-32(10-6-2)28(36)22-12-18(3)11-21(16-22)27(35)31-25(26(34)8-7-19(4)33)15-20-13-23(29)17-24(30)14-20;;;/h7,11-14,16-17,25-26,34H,5-6,8-10,15H2,1-4H3,(H,31,35);2*1H2;/q-1;;;/t25?,26-;;;/m0.../s1. The molecule has 0 fully saturated rings. The Morgan fingerprint density at radius 3 is 2.00 bits per heavy atom. The summed E-state index contributed by atoms with van der Waals surface area (Å²) in [4.78, 5) is 39.4. The number of ketones is 1. The van der Waals surface area contributed by atoms with Gasteiger partial charge in [-0.3, -0.25) is 9.59 Å². The molecule has 1 unspecified atom stereocenters. The molecule has 0 heterocycles. The summed E-state index contributed by atoms with van der Waals surface area (Å²) >= 11 is 0. The number of aliphatic hydroxyl groups is 1. The molecule has 2 aromatic carbocycles. The number of halogens is 2. The second-order valence-electron chi connectivity index (χ2n) is 9.06. The van der Waals surface area contributed by atoms with Gasteiger partial charge in [0, 0.05) is 63.0 Å². The van der Waals surface area contributed by atoms with Gasteiger partial charge in [0.1, 0.15) is 11.6 Å². The van der Waals surface area contributed by atoms with Gasteiger partial charge < -0.3 is 26.5 Å². The minimum Gasteiger partial charge on any atom is -0.393 e. The molecule has 11 heteroatoms. The first-order valence-corrected chi connectivity index (χ1v) is 12.2. The molecule has 1 radical (unpaired) electrons. The van der Waals surface area contributed by atoms with Gasteiger partial charge in [-0.15, -0.1) is 6.42 Å². The molecule has 2 atom stereocenters. The number of aliphatic hydroxyl groups excluding tert-OH is 1. The predicted molar refractivity (Wildman–Crippen MR) is 155 cm³/mol. The normalized spacial score (nSPS) is 11.6. The molecule has 39 heavy (non-hydrogen) atoms. The fourth-order valence-corrected chi connectivity index (χ4v) is 4.04. The van der Waals surface area contributed by atoms with Crippen LogP contribution in [-0.4, -0.2) is 52.8 Å². The first kappa shape index (κ1) is 39.7. The van der Waals surface area contributed by atoms with E-state index in [4.69, 9.17) is 0 Å². The Kier molecular flexibility index (Phi) is 19.9. The predicted octanol–water partition coefficient (Wildman–Crippen LogP) is 4.64. The molecule has 2 amide bonds. The van der Waals surface area contributed by atoms with E-state index in [1.807, 2.05) is 13.8 Å². The van der Waals surface area contributed by atoms with Gasteiger partial charge in [0.2, 0.25) is 0 Å². The van der Waals surface area contributed by atoms with Crippen LogP contribution in [0.15, 0.2) is 36.4 Å². The zero-order valence-electron chi connectivity index (χ0n) is 22.9. The molecule has 0 spiro atoms. The van der Waals surface area contributed by atoms with Crippen molar-refractivity contribution < 1.29 is 61.0 Å². The van der Waals surface area contributed by atoms with Crippen molar-refractivity contribution >= 4 is 44.6 Å². The molecular weight excluding hydrogens is 619 g/mol. The Morgan fingerprint density at radius 2 is 1.49 bits per heavy atom. The topological polar surface area (TPSA) is 86.7 Å². The molecule has 0 aliphatic heterocycles. The molecule has 0 aromatic heterocycles. The van der Waals surface area contributed by atoms with Crippen molar-refractivity contribution in [1.29, 1.82) is 0 Å². The Hall–Kier alpha value is -1.46. The van der Waals surface area contributed by atoms with Crippen molar-refractivity contribution in [2.45, 2.75) is 65.5 Å². The molecule has 0 saturated heterocycles. The number of nitrogens with one attached hydrogen (secondary N) is 1. The third kappa shape index (κ3) is 13.2. The summed E-state index contributed by atoms with van der Waals surface area (Å²) in [6.07, 6.45) is 1.62. The van der Waals surface area contributed by atoms with Crippen molar-refractivity contribution in [3.05, 3.63) is 76.7 Å². The maximum absolute atomic E-state index is 13.7. The molecule has 2 rings (SSSR count). The number of nitrogens with zero attached hydrogens (tertiary/aromatic N) is 1. The second-order valence-corrected chi connectivity index (χ2v) is 9.06. The van der Waals surface area contributed by atoms with Crippen molar-refractivity contribution in [3.8, 4) is 0 Å². The maximum atomic E-state index is 13.7. The summed E-state index contributed by atoms with van der Waals surface area (Å²) < 4.78 is 27.4. The van der Waals surface area contributed by atoms with Crippen molar-refractivity contribution in [2.75, 3.05) is 13.1 Å². The van der Waals surface area contributed by atoms with Crippen molar-refractivity contribution in [1.82, 2.24) is 10.2 Å². The molecule has 215 valence electrons. The van der Waals surface area contributed by atoms with E-state index in [0.717, 1.165) is 31.0 Å². The number of Topliss-reactive ketones (excluding diaryl/α,β-unsaturated/α-hetero) is 1. The Bertz CT molecular complexity index is 1070. The molecule has 2 N–H and O–H groups in total. The average Bonchev–Trinajstić information content (AvgIpc) is 2.80. The quantitative estimate of drug-likeness (QED) is 0.307. The van der Waals surface area contributed by atoms with Gasteiger partial charge in [-0.25, -0.2) is 8.78 Å². The number of aryl methyl sites for hydroxylation is 1. The summed E-state index contributed by atoms with van der Waals surface area (Å²) in [5.74, 6) is -2.51. The average molecular weight is 659 g/mol. The number of benzene rings is 2. The van der Waals surface area contributed by atoms with E-state index in [0.29, 0.717) is 24.2 Å². The van der Waals surface area contributed by atoms with Gasteiger partial charge >= 0.3 is 0 Å². The number of carbonyl (C=O) groups excluding carboxylic acids is 3. The summed E-state index contributed by atoms with van der Waals surface area (Å²) in [5, 5.41) is 13.4. The van der Waals surface area contributed by atoms with Gasteiger partial charge in [0.25, 0.3) is 11.8 Å². The van der Waals surface area contributed by atoms with Crippen LogP contribution in [0.2, 0.25) is 0 Å². The second kappa shape index (κ2) is 19.6. The summed E-state index contributed by atoms with van der Waals surface area (Å²) in [5.41, 5.74) is 1.57. The number of hydrogen-bond donors (Lipinski definition) is 2. The Morgan fingerprint density at radius 1 is 0.949 bits per heavy atom. The van der Waals surface area contributed by atoms with E-state index in [2.05, 4.69) is 5.32 Å². The van der Waals surface area contributed by atoms with Crippen LogP contribution in [0.4, 0.5) is 8.78 Å². The summed E-state index contributed by atoms with van der Waals surface area (Å²) in [6.45, 7) is 8.31. The molecular formula is C28H39F2N2O4S2Y-. The summed E-state index contributed by atoms with van der Waals surface area (Å²) in [6, 6.07) is 6.92. The molecule has 0 aliphatic carbocycles. The van der Waals surface area contributed by atoms with Crippen LogP contribution in [0.25, 0.3) is 0 Å². The Labute approximate surface area is 269 Å². The van der Waals surface area contributed by atoms with Crippen LogP contribution in [0.5, 0.6) is 0 Å². The minimum absolute atomic E-state index is 0. The van der Waals surface area contributed by atoms with E-state index < -0.39 is 29.7 Å². The van der Waals surface area contributed by atoms with E-state index >= 15 is 0 Å². The third-order valence-electron chi connectivity index (χ3n) is 5.67. The zero-order chi connectivity index (χ0) is 26.8. The largest absolute Gasteiger partial charge is 0.393 e. The Balaban J connectivity index is 0. The van der Waals surface area contributed by atoms with Gasteiger partial charge in [-0.2, -0.15) is 27.0 Å². The number of amides is 2. The van der Waals surface area contributed by atoms with Crippen LogP contribution >= 0.6 is 27.0 Å². The smallest absolute Gasteiger partial charge is 0.253 e. The first-order chi connectivity index (χ1) is 17.0. The fourth-order valence-electron chi connectivity index (χ4n) is 4.04. The summed E-state index contributed by atoms with van der Waals surface area (Å²) in [7, 11) is 0. The van der Waals surface area contributed by atoms with Gasteiger partial charge in [-0.1, -0.05) is 13.8 Å². The molecule has 2 aromatic rings. The number of rotatable bonds is 13. The van der Waals surface area contributed by atoms with Crippen LogP contribution in [0.3, 0.4) is 0 Å². The van der Waals surface area contributed by atoms with Crippen LogP contribution < -0.4 is 5.32 Å². The van der Waals surface area contributed by atoms with E-state index in [9.17, 15) is 28.3 Å². The van der Waals surface area contributed by atoms with Gasteiger partial charge in [-0.05, 0) is 80.4 Å². The van der Waals surface area contributed by atoms with Gasteiger partial charge in [0.15, 0.2) is 0 Å². The molecule has 0 saturated carbocycles. The SMILES string of the molecule is CCCN(CCC)C(=O)c1cc(C)cc(C(=O)NC(Cc2cc(F)cc(F)c2)[C@@H](O)C[CH-]C(C)=O)c1.S.S.[Y]. The van der Waals surface area contributed by atoms with Gasteiger partial charge in [0.05, 0.1) is 12.1 Å². The third-order valence-corrected chi connectivity index (χ3v) is 5.67. The first-order valence-electron chi connectivity index (χ1n) is 12.2. The molecule has 0 bridgehead atoms. The molecule has 6 nitrogen and oxygen atoms in total. The monoisotopic (exact) mass is 658 g/mol. The van der Waals surface area contributed by atoms with Crippen LogP contribution in [0.1, 0.15) is 71.9 Å². The van der Waals surface area contributed by atoms with Crippen LogP contribution in [0, 0.1) is 25.0 Å². The van der Waals surface area contributed by atoms with Crippen molar-refractivity contribution in [3.63, 3.8) is 0 Å². The van der Waals surface area contributed by atoms with E-state index in [1.54, 1.807) is 24.0 Å². The maximum Gasteiger partial charge on any atom is 0.253 e. The van der Waals surface area contributed by atoms with E-state index in [-0.39, 0.29) is 95.4 Å². The fraction of sp³-hybridized carbons (Fsp3) is 0.429. The van der Waals surface area contributed by atoms with Crippen LogP contribution in [-0.2, 0) is 43.9 Å². The zero-order valence-corrected chi connectivity index (χ0v) is 27.7. The molecule has 0 aliphatic rings. The number of hydrogen-bond acceptors (Lipinski definition) is 4.